The van der Waals surface area contributed by atoms with Crippen molar-refractivity contribution in [2.24, 2.45) is 0 Å². The molecule has 0 heterocycles. The molecule has 0 saturated carbocycles. The van der Waals surface area contributed by atoms with Crippen LogP contribution in [0.3, 0.4) is 0 Å². The third-order valence-corrected chi connectivity index (χ3v) is 1.55. The van der Waals surface area contributed by atoms with Gasteiger partial charge in [-0.05, 0) is 0 Å². The molecule has 0 aliphatic rings. The summed E-state index contributed by atoms with van der Waals surface area (Å²) in [4.78, 5) is 0. The average molecular weight is 152 g/mol. The van der Waals surface area contributed by atoms with Crippen molar-refractivity contribution in [3.8, 4) is 0 Å². The van der Waals surface area contributed by atoms with E-state index in [1.54, 1.807) is 0 Å². The molecule has 0 spiro atoms. The van der Waals surface area contributed by atoms with Crippen LogP contribution >= 0.6 is 6.83 Å². The van der Waals surface area contributed by atoms with Gasteiger partial charge in [0.1, 0.15) is 0 Å². The molecule has 0 unspecified atom stereocenters. The van der Waals surface area contributed by atoms with Crippen molar-refractivity contribution in [3.63, 3.8) is 0 Å². The van der Waals surface area contributed by atoms with Gasteiger partial charge in [0.25, 0.3) is 0 Å². The maximum absolute atomic E-state index is 8.42. The number of hydrogen-bond acceptors (Lipinski definition) is 3. The van der Waals surface area contributed by atoms with Gasteiger partial charge in [-0.1, -0.05) is 0 Å². The van der Waals surface area contributed by atoms with Gasteiger partial charge in [0, 0.05) is 0 Å². The van der Waals surface area contributed by atoms with Crippen molar-refractivity contribution in [2.45, 2.75) is 0 Å². The van der Waals surface area contributed by atoms with E-state index < -0.39 is 14.2 Å². The van der Waals surface area contributed by atoms with E-state index in [-0.39, 0.29) is 0 Å². The van der Waals surface area contributed by atoms with E-state index in [4.69, 9.17) is 14.5 Å². The SMILES string of the molecule is CP(C)(C)(C)OB(O)O. The first kappa shape index (κ1) is 9.37. The Balaban J connectivity index is 3.89. The van der Waals surface area contributed by atoms with Gasteiger partial charge >= 0.3 is 55.3 Å². The summed E-state index contributed by atoms with van der Waals surface area (Å²) in [6.45, 7) is 5.40. The van der Waals surface area contributed by atoms with Gasteiger partial charge in [-0.2, -0.15) is 0 Å². The van der Waals surface area contributed by atoms with Gasteiger partial charge in [-0.15, -0.1) is 0 Å². The van der Waals surface area contributed by atoms with Crippen molar-refractivity contribution >= 4 is 14.2 Å². The van der Waals surface area contributed by atoms with E-state index in [9.17, 15) is 0 Å². The molecule has 0 amide bonds. The van der Waals surface area contributed by atoms with Crippen LogP contribution in [0.5, 0.6) is 0 Å². The fourth-order valence-electron chi connectivity index (χ4n) is 0.377. The van der Waals surface area contributed by atoms with E-state index in [1.807, 2.05) is 26.7 Å². The van der Waals surface area contributed by atoms with E-state index in [1.165, 1.54) is 0 Å². The molecule has 0 aliphatic heterocycles. The molecule has 0 bridgehead atoms. The van der Waals surface area contributed by atoms with E-state index in [0.29, 0.717) is 0 Å². The molecule has 0 aromatic heterocycles. The minimum atomic E-state index is -2.17. The van der Waals surface area contributed by atoms with Gasteiger partial charge in [-0.3, -0.25) is 0 Å². The van der Waals surface area contributed by atoms with Crippen LogP contribution in [-0.4, -0.2) is 44.0 Å². The third-order valence-electron chi connectivity index (χ3n) is 0.516. The number of hydrogen-bond donors (Lipinski definition) is 2. The molecule has 9 heavy (non-hydrogen) atoms. The molecule has 0 rings (SSSR count). The fourth-order valence-corrected chi connectivity index (χ4v) is 1.13. The van der Waals surface area contributed by atoms with Crippen LogP contribution in [0.25, 0.3) is 0 Å². The maximum atomic E-state index is 8.42. The molecule has 56 valence electrons. The molecule has 0 saturated heterocycles. The average Bonchev–Trinajstić information content (AvgIpc) is 1.16. The molecule has 0 aliphatic carbocycles. The van der Waals surface area contributed by atoms with E-state index in [0.717, 1.165) is 0 Å². The minimum absolute atomic E-state index is 1.63. The summed E-state index contributed by atoms with van der Waals surface area (Å²) in [6.07, 6.45) is 0. The molecule has 0 aromatic carbocycles. The normalized spacial score (nSPS) is 16.4. The second kappa shape index (κ2) is 2.20. The Hall–Kier alpha value is 0.375. The molecular formula is C4H14BO3P. The van der Waals surface area contributed by atoms with Crippen LogP contribution in [0.15, 0.2) is 0 Å². The Kier molecular flexibility index (Phi) is 2.30. The summed E-state index contributed by atoms with van der Waals surface area (Å²) in [5.41, 5.74) is 0. The van der Waals surface area contributed by atoms with Gasteiger partial charge in [0.15, 0.2) is 0 Å². The van der Waals surface area contributed by atoms with Crippen LogP contribution in [0, 0.1) is 0 Å². The summed E-state index contributed by atoms with van der Waals surface area (Å²) >= 11 is 0. The zero-order chi connectivity index (χ0) is 7.73. The van der Waals surface area contributed by atoms with Gasteiger partial charge in [0.05, 0.1) is 0 Å². The van der Waals surface area contributed by atoms with Crippen molar-refractivity contribution < 1.29 is 14.5 Å². The molecule has 0 atom stereocenters. The molecule has 2 N–H and O–H groups in total. The Morgan fingerprint density at radius 3 is 1.44 bits per heavy atom. The molecule has 3 nitrogen and oxygen atoms in total. The topological polar surface area (TPSA) is 49.7 Å². The molecule has 0 aromatic rings. The number of rotatable bonds is 2. The first-order valence-electron chi connectivity index (χ1n) is 2.72. The van der Waals surface area contributed by atoms with Crippen molar-refractivity contribution in [2.75, 3.05) is 26.7 Å². The second-order valence-electron chi connectivity index (χ2n) is 3.85. The second-order valence-corrected chi connectivity index (χ2v) is 10.9. The van der Waals surface area contributed by atoms with E-state index in [2.05, 4.69) is 0 Å². The van der Waals surface area contributed by atoms with Gasteiger partial charge < -0.3 is 0 Å². The van der Waals surface area contributed by atoms with Crippen LogP contribution in [0.1, 0.15) is 0 Å². The Morgan fingerprint density at radius 2 is 1.44 bits per heavy atom. The van der Waals surface area contributed by atoms with Crippen LogP contribution < -0.4 is 0 Å². The first-order chi connectivity index (χ1) is 3.67. The predicted octanol–water partition coefficient (Wildman–Crippen LogP) is -0.0400. The summed E-state index contributed by atoms with van der Waals surface area (Å²) in [5, 5.41) is 16.8. The van der Waals surface area contributed by atoms with E-state index >= 15 is 0 Å². The van der Waals surface area contributed by atoms with Crippen molar-refractivity contribution in [3.05, 3.63) is 0 Å². The zero-order valence-corrected chi connectivity index (χ0v) is 7.22. The van der Waals surface area contributed by atoms with Crippen LogP contribution in [0.4, 0.5) is 0 Å². The zero-order valence-electron chi connectivity index (χ0n) is 6.33. The Labute approximate surface area is 56.2 Å². The first-order valence-corrected chi connectivity index (χ1v) is 6.67. The monoisotopic (exact) mass is 152 g/mol. The molecule has 0 radical (unpaired) electrons. The molecule has 5 heteroatoms. The Bertz CT molecular complexity index is 96.9. The quantitative estimate of drug-likeness (QED) is 0.431. The van der Waals surface area contributed by atoms with Crippen molar-refractivity contribution in [1.82, 2.24) is 0 Å². The predicted molar refractivity (Wildman–Crippen MR) is 41.9 cm³/mol. The summed E-state index contributed by atoms with van der Waals surface area (Å²) in [5.74, 6) is 0. The Morgan fingerprint density at radius 1 is 1.11 bits per heavy atom. The molecular weight excluding hydrogens is 138 g/mol. The van der Waals surface area contributed by atoms with Crippen molar-refractivity contribution in [1.29, 1.82) is 0 Å². The van der Waals surface area contributed by atoms with Gasteiger partial charge in [-0.25, -0.2) is 0 Å². The van der Waals surface area contributed by atoms with Crippen LogP contribution in [0.2, 0.25) is 0 Å². The van der Waals surface area contributed by atoms with Gasteiger partial charge in [0.2, 0.25) is 0 Å². The summed E-state index contributed by atoms with van der Waals surface area (Å²) in [6, 6.07) is 0. The standard InChI is InChI=1S/C4H14BO3P/c1-9(2,3,4)8-5(6)7/h6-7H,1-4H3. The molecule has 0 fully saturated rings. The summed E-state index contributed by atoms with van der Waals surface area (Å²) in [7, 11) is -1.63. The van der Waals surface area contributed by atoms with Crippen LogP contribution in [-0.2, 0) is 4.44 Å². The fraction of sp³-hybridized carbons (Fsp3) is 1.00. The summed E-state index contributed by atoms with van der Waals surface area (Å²) < 4.78 is 4.87. The third kappa shape index (κ3) is 8.37.